The minimum Gasteiger partial charge on any atom is -0.493 e. The average Bonchev–Trinajstić information content (AvgIpc) is 2.78. The van der Waals surface area contributed by atoms with Crippen LogP contribution in [-0.4, -0.2) is 31.8 Å². The molecule has 32 heavy (non-hydrogen) atoms. The maximum absolute atomic E-state index is 13.1. The second-order valence-electron chi connectivity index (χ2n) is 9.52. The first-order valence-electron chi connectivity index (χ1n) is 11.3. The lowest BCUT2D eigenvalue weighted by Crippen LogP contribution is -2.30. The fourth-order valence-electron chi connectivity index (χ4n) is 4.70. The Hall–Kier alpha value is -2.05. The molecule has 2 aliphatic rings. The van der Waals surface area contributed by atoms with E-state index in [-0.39, 0.29) is 5.97 Å². The molecule has 0 saturated carbocycles. The van der Waals surface area contributed by atoms with Crippen LogP contribution in [0.25, 0.3) is 11.1 Å². The third-order valence-corrected chi connectivity index (χ3v) is 7.06. The van der Waals surface area contributed by atoms with Crippen LogP contribution in [0.1, 0.15) is 62.0 Å². The number of hydrogen-bond acceptors (Lipinski definition) is 5. The van der Waals surface area contributed by atoms with Crippen molar-refractivity contribution < 1.29 is 19.0 Å². The van der Waals surface area contributed by atoms with Gasteiger partial charge in [-0.1, -0.05) is 6.07 Å². The SMILES string of the molecule is COC(=O)C(OC(C)(C)C)c1c2c(c(Br)c(C)c1-c1ccc3c(c1)CCCO3)NCCC2. The molecular weight excluding hydrogens is 470 g/mol. The topological polar surface area (TPSA) is 56.8 Å². The second-order valence-corrected chi connectivity index (χ2v) is 10.3. The monoisotopic (exact) mass is 501 g/mol. The molecule has 2 aromatic carbocycles. The third-order valence-electron chi connectivity index (χ3n) is 6.07. The van der Waals surface area contributed by atoms with Crippen LogP contribution in [0.5, 0.6) is 5.75 Å². The average molecular weight is 502 g/mol. The molecule has 1 unspecified atom stereocenters. The molecule has 1 atom stereocenters. The van der Waals surface area contributed by atoms with Gasteiger partial charge < -0.3 is 19.5 Å². The van der Waals surface area contributed by atoms with Gasteiger partial charge in [0.2, 0.25) is 0 Å². The molecule has 0 spiro atoms. The van der Waals surface area contributed by atoms with Gasteiger partial charge in [0.25, 0.3) is 0 Å². The van der Waals surface area contributed by atoms with Gasteiger partial charge in [0, 0.05) is 16.6 Å². The predicted octanol–water partition coefficient (Wildman–Crippen LogP) is 6.14. The summed E-state index contributed by atoms with van der Waals surface area (Å²) in [6.07, 6.45) is 3.06. The van der Waals surface area contributed by atoms with Crippen LogP contribution in [0.15, 0.2) is 22.7 Å². The summed E-state index contributed by atoms with van der Waals surface area (Å²) in [5, 5.41) is 3.54. The summed E-state index contributed by atoms with van der Waals surface area (Å²) in [5.74, 6) is 0.574. The van der Waals surface area contributed by atoms with Crippen molar-refractivity contribution in [1.82, 2.24) is 0 Å². The molecule has 6 heteroatoms. The van der Waals surface area contributed by atoms with Crippen molar-refractivity contribution in [2.75, 3.05) is 25.6 Å². The lowest BCUT2D eigenvalue weighted by Gasteiger charge is -2.33. The van der Waals surface area contributed by atoms with E-state index in [1.165, 1.54) is 12.7 Å². The molecule has 0 fully saturated rings. The zero-order valence-electron chi connectivity index (χ0n) is 19.6. The molecule has 2 heterocycles. The van der Waals surface area contributed by atoms with E-state index in [9.17, 15) is 4.79 Å². The van der Waals surface area contributed by atoms with Crippen molar-refractivity contribution in [2.24, 2.45) is 0 Å². The van der Waals surface area contributed by atoms with E-state index in [4.69, 9.17) is 14.2 Å². The van der Waals surface area contributed by atoms with Gasteiger partial charge in [-0.25, -0.2) is 4.79 Å². The summed E-state index contributed by atoms with van der Waals surface area (Å²) in [5.41, 5.74) is 6.96. The molecule has 0 bridgehead atoms. The molecule has 1 N–H and O–H groups in total. The van der Waals surface area contributed by atoms with E-state index in [0.717, 1.165) is 82.6 Å². The molecule has 0 aromatic heterocycles. The summed E-state index contributed by atoms with van der Waals surface area (Å²) in [6, 6.07) is 6.35. The van der Waals surface area contributed by atoms with Crippen molar-refractivity contribution in [3.05, 3.63) is 44.9 Å². The Balaban J connectivity index is 2.00. The summed E-state index contributed by atoms with van der Waals surface area (Å²) >= 11 is 3.84. The highest BCUT2D eigenvalue weighted by Crippen LogP contribution is 2.47. The van der Waals surface area contributed by atoms with E-state index in [2.05, 4.69) is 46.4 Å². The maximum Gasteiger partial charge on any atom is 0.339 e. The van der Waals surface area contributed by atoms with Crippen molar-refractivity contribution in [3.8, 4) is 16.9 Å². The molecule has 5 nitrogen and oxygen atoms in total. The molecule has 0 amide bonds. The van der Waals surface area contributed by atoms with Crippen LogP contribution < -0.4 is 10.1 Å². The first-order chi connectivity index (χ1) is 15.2. The van der Waals surface area contributed by atoms with E-state index < -0.39 is 11.7 Å². The molecule has 2 aromatic rings. The van der Waals surface area contributed by atoms with Crippen LogP contribution in [-0.2, 0) is 27.1 Å². The minimum absolute atomic E-state index is 0.378. The zero-order chi connectivity index (χ0) is 23.0. The zero-order valence-corrected chi connectivity index (χ0v) is 21.1. The van der Waals surface area contributed by atoms with Gasteiger partial charge in [-0.15, -0.1) is 0 Å². The van der Waals surface area contributed by atoms with Gasteiger partial charge in [-0.2, -0.15) is 0 Å². The van der Waals surface area contributed by atoms with Gasteiger partial charge in [0.15, 0.2) is 6.10 Å². The number of fused-ring (bicyclic) bond motifs is 2. The van der Waals surface area contributed by atoms with Crippen LogP contribution in [0, 0.1) is 6.92 Å². The number of ether oxygens (including phenoxy) is 3. The molecule has 0 radical (unpaired) electrons. The van der Waals surface area contributed by atoms with Crippen molar-refractivity contribution in [1.29, 1.82) is 0 Å². The Bertz CT molecular complexity index is 1040. The number of halogens is 1. The number of carbonyl (C=O) groups is 1. The van der Waals surface area contributed by atoms with E-state index in [0.29, 0.717) is 0 Å². The quantitative estimate of drug-likeness (QED) is 0.510. The summed E-state index contributed by atoms with van der Waals surface area (Å²) in [4.78, 5) is 13.1. The van der Waals surface area contributed by atoms with Gasteiger partial charge in [0.1, 0.15) is 5.75 Å². The van der Waals surface area contributed by atoms with Gasteiger partial charge >= 0.3 is 5.97 Å². The van der Waals surface area contributed by atoms with Crippen LogP contribution in [0.3, 0.4) is 0 Å². The van der Waals surface area contributed by atoms with Crippen molar-refractivity contribution in [3.63, 3.8) is 0 Å². The van der Waals surface area contributed by atoms with Gasteiger partial charge in [-0.05, 0) is 109 Å². The normalized spacial score (nSPS) is 16.3. The number of anilines is 1. The van der Waals surface area contributed by atoms with Crippen molar-refractivity contribution in [2.45, 2.75) is 65.1 Å². The predicted molar refractivity (Wildman–Crippen MR) is 131 cm³/mol. The molecule has 0 aliphatic carbocycles. The first kappa shape index (κ1) is 23.1. The Labute approximate surface area is 199 Å². The Morgan fingerprint density at radius 3 is 2.72 bits per heavy atom. The number of carbonyl (C=O) groups excluding carboxylic acids is 1. The summed E-state index contributed by atoms with van der Waals surface area (Å²) in [7, 11) is 1.42. The number of nitrogens with one attached hydrogen (secondary N) is 1. The van der Waals surface area contributed by atoms with Gasteiger partial charge in [-0.3, -0.25) is 0 Å². The number of hydrogen-bond donors (Lipinski definition) is 1. The lowest BCUT2D eigenvalue weighted by molar-refractivity contribution is -0.164. The number of rotatable bonds is 4. The Morgan fingerprint density at radius 1 is 1.22 bits per heavy atom. The summed E-state index contributed by atoms with van der Waals surface area (Å²) in [6.45, 7) is 9.67. The first-order valence-corrected chi connectivity index (χ1v) is 12.1. The Kier molecular flexibility index (Phi) is 6.55. The fourth-order valence-corrected chi connectivity index (χ4v) is 5.28. The number of aryl methyl sites for hydroxylation is 1. The molecule has 172 valence electrons. The highest BCUT2D eigenvalue weighted by Gasteiger charge is 2.36. The number of benzene rings is 2. The van der Waals surface area contributed by atoms with Crippen LogP contribution in [0.2, 0.25) is 0 Å². The molecule has 2 aliphatic heterocycles. The lowest BCUT2D eigenvalue weighted by atomic mass is 9.83. The second kappa shape index (κ2) is 9.06. The highest BCUT2D eigenvalue weighted by molar-refractivity contribution is 9.10. The smallest absolute Gasteiger partial charge is 0.339 e. The molecule has 4 rings (SSSR count). The van der Waals surface area contributed by atoms with E-state index in [1.54, 1.807) is 0 Å². The van der Waals surface area contributed by atoms with Crippen LogP contribution in [0.4, 0.5) is 5.69 Å². The largest absolute Gasteiger partial charge is 0.493 e. The number of esters is 1. The molecule has 0 saturated heterocycles. The minimum atomic E-state index is -0.817. The van der Waals surface area contributed by atoms with Gasteiger partial charge in [0.05, 0.1) is 25.0 Å². The van der Waals surface area contributed by atoms with Crippen molar-refractivity contribution >= 4 is 27.6 Å². The standard InChI is InChI=1S/C26H32BrNO4/c1-15-20(17-10-11-19-16(14-17)8-7-13-31-19)21(18-9-6-12-28-23(18)22(15)27)24(25(29)30-5)32-26(2,3)4/h10-11,14,24,28H,6-9,12-13H2,1-5H3. The van der Waals surface area contributed by atoms with Crippen LogP contribution >= 0.6 is 15.9 Å². The van der Waals surface area contributed by atoms with E-state index >= 15 is 0 Å². The Morgan fingerprint density at radius 2 is 2.00 bits per heavy atom. The fraction of sp³-hybridized carbons (Fsp3) is 0.500. The summed E-state index contributed by atoms with van der Waals surface area (Å²) < 4.78 is 18.5. The third kappa shape index (κ3) is 4.40. The maximum atomic E-state index is 13.1. The number of methoxy groups -OCH3 is 1. The van der Waals surface area contributed by atoms with E-state index in [1.807, 2.05) is 20.8 Å². The highest BCUT2D eigenvalue weighted by atomic mass is 79.9. The molecular formula is C26H32BrNO4.